The van der Waals surface area contributed by atoms with E-state index in [1.54, 1.807) is 0 Å². The lowest BCUT2D eigenvalue weighted by Crippen LogP contribution is -2.31. The molecule has 2 aliphatic heterocycles. The molecule has 3 nitrogen and oxygen atoms in total. The van der Waals surface area contributed by atoms with Crippen molar-refractivity contribution in [2.24, 2.45) is 11.8 Å². The smallest absolute Gasteiger partial charge is 0.303 e. The van der Waals surface area contributed by atoms with Crippen molar-refractivity contribution in [3.8, 4) is 0 Å². The molecule has 2 saturated heterocycles. The first-order valence-electron chi connectivity index (χ1n) is 10.2. The molecule has 140 valence electrons. The van der Waals surface area contributed by atoms with Crippen molar-refractivity contribution < 1.29 is 14.6 Å². The number of hydrogen-bond donors (Lipinski definition) is 1. The number of fused-ring (bicyclic) bond motifs is 2. The van der Waals surface area contributed by atoms with Crippen molar-refractivity contribution in [3.05, 3.63) is 0 Å². The molecule has 4 unspecified atom stereocenters. The Morgan fingerprint density at radius 2 is 1.71 bits per heavy atom. The molecule has 2 rings (SSSR count). The summed E-state index contributed by atoms with van der Waals surface area (Å²) >= 11 is 2.23. The van der Waals surface area contributed by atoms with E-state index in [2.05, 4.69) is 18.7 Å². The lowest BCUT2D eigenvalue weighted by Gasteiger charge is -2.29. The SMILES string of the molecule is CCCCCCOCC1C2CCC(S2)C1CCCCCCC(=O)O. The second kappa shape index (κ2) is 11.4. The van der Waals surface area contributed by atoms with Crippen LogP contribution in [0.4, 0.5) is 0 Å². The number of aliphatic carboxylic acids is 1. The summed E-state index contributed by atoms with van der Waals surface area (Å²) in [5, 5.41) is 10.4. The zero-order valence-electron chi connectivity index (χ0n) is 15.4. The Balaban J connectivity index is 1.59. The third kappa shape index (κ3) is 6.59. The fraction of sp³-hybridized carbons (Fsp3) is 0.950. The summed E-state index contributed by atoms with van der Waals surface area (Å²) < 4.78 is 6.04. The standard InChI is InChI=1S/C20H36O3S/c1-2-3-4-9-14-23-15-17-16(18-12-13-19(17)24-18)10-7-5-6-8-11-20(21)22/h16-19H,2-15H2,1H3,(H,21,22). The third-order valence-corrected chi connectivity index (χ3v) is 7.59. The number of rotatable bonds is 14. The summed E-state index contributed by atoms with van der Waals surface area (Å²) in [6.07, 6.45) is 14.0. The molecule has 0 radical (unpaired) electrons. The van der Waals surface area contributed by atoms with Crippen molar-refractivity contribution in [3.63, 3.8) is 0 Å². The topological polar surface area (TPSA) is 46.5 Å². The molecule has 0 spiro atoms. The molecule has 0 aliphatic carbocycles. The number of carboxylic acid groups (broad SMARTS) is 1. The lowest BCUT2D eigenvalue weighted by atomic mass is 9.77. The first-order chi connectivity index (χ1) is 11.7. The van der Waals surface area contributed by atoms with Crippen molar-refractivity contribution in [2.45, 2.75) is 94.5 Å². The molecule has 0 aromatic heterocycles. The molecule has 4 atom stereocenters. The largest absolute Gasteiger partial charge is 0.481 e. The maximum Gasteiger partial charge on any atom is 0.303 e. The molecule has 0 amide bonds. The highest BCUT2D eigenvalue weighted by atomic mass is 32.2. The normalized spacial score (nSPS) is 28.5. The van der Waals surface area contributed by atoms with Gasteiger partial charge in [-0.2, -0.15) is 11.8 Å². The van der Waals surface area contributed by atoms with Gasteiger partial charge in [0, 0.05) is 23.5 Å². The molecule has 24 heavy (non-hydrogen) atoms. The number of carboxylic acids is 1. The average molecular weight is 357 g/mol. The Hall–Kier alpha value is -0.220. The van der Waals surface area contributed by atoms with Gasteiger partial charge in [0.05, 0.1) is 6.61 Å². The van der Waals surface area contributed by atoms with Crippen LogP contribution in [0.25, 0.3) is 0 Å². The Morgan fingerprint density at radius 3 is 2.46 bits per heavy atom. The fourth-order valence-corrected chi connectivity index (χ4v) is 6.38. The van der Waals surface area contributed by atoms with Crippen molar-refractivity contribution >= 4 is 17.7 Å². The first kappa shape index (κ1) is 20.1. The molecular formula is C20H36O3S. The van der Waals surface area contributed by atoms with Crippen LogP contribution in [0, 0.1) is 11.8 Å². The van der Waals surface area contributed by atoms with Gasteiger partial charge < -0.3 is 9.84 Å². The van der Waals surface area contributed by atoms with Crippen LogP contribution in [0.2, 0.25) is 0 Å². The first-order valence-corrected chi connectivity index (χ1v) is 11.1. The van der Waals surface area contributed by atoms with Gasteiger partial charge in [-0.3, -0.25) is 4.79 Å². The van der Waals surface area contributed by atoms with E-state index in [4.69, 9.17) is 9.84 Å². The molecular weight excluding hydrogens is 320 g/mol. The number of carbonyl (C=O) groups is 1. The zero-order chi connectivity index (χ0) is 17.2. The quantitative estimate of drug-likeness (QED) is 0.416. The Labute approximate surface area is 152 Å². The van der Waals surface area contributed by atoms with Gasteiger partial charge in [-0.15, -0.1) is 0 Å². The highest BCUT2D eigenvalue weighted by Gasteiger charge is 2.47. The van der Waals surface area contributed by atoms with Crippen molar-refractivity contribution in [1.29, 1.82) is 0 Å². The fourth-order valence-electron chi connectivity index (χ4n) is 4.36. The second-order valence-electron chi connectivity index (χ2n) is 7.60. The van der Waals surface area contributed by atoms with Crippen molar-refractivity contribution in [1.82, 2.24) is 0 Å². The Kier molecular flexibility index (Phi) is 9.55. The zero-order valence-corrected chi connectivity index (χ0v) is 16.2. The van der Waals surface area contributed by atoms with Gasteiger partial charge in [-0.25, -0.2) is 0 Å². The van der Waals surface area contributed by atoms with E-state index in [9.17, 15) is 4.79 Å². The van der Waals surface area contributed by atoms with E-state index in [0.717, 1.165) is 48.4 Å². The highest BCUT2D eigenvalue weighted by molar-refractivity contribution is 8.01. The molecule has 0 aromatic rings. The molecule has 2 aliphatic rings. The number of unbranched alkanes of at least 4 members (excludes halogenated alkanes) is 6. The molecule has 1 N–H and O–H groups in total. The van der Waals surface area contributed by atoms with Crippen LogP contribution in [0.5, 0.6) is 0 Å². The number of hydrogen-bond acceptors (Lipinski definition) is 3. The summed E-state index contributed by atoms with van der Waals surface area (Å²) in [4.78, 5) is 10.5. The van der Waals surface area contributed by atoms with E-state index in [1.165, 1.54) is 57.8 Å². The lowest BCUT2D eigenvalue weighted by molar-refractivity contribution is -0.137. The van der Waals surface area contributed by atoms with Crippen LogP contribution in [0.1, 0.15) is 84.0 Å². The van der Waals surface area contributed by atoms with Gasteiger partial charge in [0.15, 0.2) is 0 Å². The van der Waals surface area contributed by atoms with E-state index in [0.29, 0.717) is 6.42 Å². The van der Waals surface area contributed by atoms with Crippen LogP contribution < -0.4 is 0 Å². The number of ether oxygens (including phenoxy) is 1. The minimum atomic E-state index is -0.657. The van der Waals surface area contributed by atoms with Crippen LogP contribution >= 0.6 is 11.8 Å². The summed E-state index contributed by atoms with van der Waals surface area (Å²) in [5.74, 6) is 0.971. The van der Waals surface area contributed by atoms with E-state index in [1.807, 2.05) is 0 Å². The van der Waals surface area contributed by atoms with E-state index < -0.39 is 5.97 Å². The minimum absolute atomic E-state index is 0.332. The highest BCUT2D eigenvalue weighted by Crippen LogP contribution is 2.54. The Morgan fingerprint density at radius 1 is 1.00 bits per heavy atom. The predicted octanol–water partition coefficient (Wildman–Crippen LogP) is 5.52. The molecule has 0 aromatic carbocycles. The van der Waals surface area contributed by atoms with Crippen LogP contribution in [-0.2, 0) is 9.53 Å². The van der Waals surface area contributed by atoms with Crippen LogP contribution in [0.3, 0.4) is 0 Å². The molecule has 2 bridgehead atoms. The summed E-state index contributed by atoms with van der Waals surface area (Å²) in [7, 11) is 0. The van der Waals surface area contributed by atoms with Gasteiger partial charge in [-0.05, 0) is 43.9 Å². The van der Waals surface area contributed by atoms with E-state index in [-0.39, 0.29) is 0 Å². The second-order valence-corrected chi connectivity index (χ2v) is 9.08. The van der Waals surface area contributed by atoms with E-state index >= 15 is 0 Å². The third-order valence-electron chi connectivity index (χ3n) is 5.72. The van der Waals surface area contributed by atoms with Gasteiger partial charge in [0.2, 0.25) is 0 Å². The van der Waals surface area contributed by atoms with Gasteiger partial charge in [0.25, 0.3) is 0 Å². The van der Waals surface area contributed by atoms with Crippen molar-refractivity contribution in [2.75, 3.05) is 13.2 Å². The maximum absolute atomic E-state index is 10.5. The van der Waals surface area contributed by atoms with Gasteiger partial charge >= 0.3 is 5.97 Å². The molecule has 4 heteroatoms. The summed E-state index contributed by atoms with van der Waals surface area (Å²) in [5.41, 5.74) is 0. The maximum atomic E-state index is 10.5. The van der Waals surface area contributed by atoms with Gasteiger partial charge in [-0.1, -0.05) is 45.4 Å². The van der Waals surface area contributed by atoms with Gasteiger partial charge in [0.1, 0.15) is 0 Å². The minimum Gasteiger partial charge on any atom is -0.481 e. The van der Waals surface area contributed by atoms with Crippen LogP contribution in [0.15, 0.2) is 0 Å². The summed E-state index contributed by atoms with van der Waals surface area (Å²) in [6, 6.07) is 0. The number of thioether (sulfide) groups is 1. The monoisotopic (exact) mass is 356 g/mol. The Bertz CT molecular complexity index is 361. The molecule has 0 saturated carbocycles. The molecule has 2 heterocycles. The summed E-state index contributed by atoms with van der Waals surface area (Å²) in [6.45, 7) is 4.17. The average Bonchev–Trinajstić information content (AvgIpc) is 3.15. The predicted molar refractivity (Wildman–Crippen MR) is 102 cm³/mol. The molecule has 2 fully saturated rings. The van der Waals surface area contributed by atoms with Crippen LogP contribution in [-0.4, -0.2) is 34.8 Å².